The number of alkyl halides is 6. The Hall–Kier alpha value is -1.98. The van der Waals surface area contributed by atoms with Gasteiger partial charge in [0.15, 0.2) is 0 Å². The van der Waals surface area contributed by atoms with Gasteiger partial charge in [0.05, 0.1) is 0 Å². The first-order valence-corrected chi connectivity index (χ1v) is 15.2. The summed E-state index contributed by atoms with van der Waals surface area (Å²) in [4.78, 5) is 13.1. The van der Waals surface area contributed by atoms with Crippen molar-refractivity contribution in [3.8, 4) is 0 Å². The molecule has 2 amide bonds. The molecule has 0 aliphatic rings. The Bertz CT molecular complexity index is 1090. The second kappa shape index (κ2) is 9.11. The zero-order chi connectivity index (χ0) is 24.5. The Morgan fingerprint density at radius 2 is 1.47 bits per heavy atom. The zero-order valence-electron chi connectivity index (χ0n) is 17.0. The third-order valence-electron chi connectivity index (χ3n) is 4.75. The summed E-state index contributed by atoms with van der Waals surface area (Å²) >= 11 is -1.43. The van der Waals surface area contributed by atoms with E-state index in [-0.39, 0.29) is 4.90 Å². The molecule has 3 N–H and O–H groups in total. The van der Waals surface area contributed by atoms with Crippen molar-refractivity contribution in [2.24, 2.45) is 0 Å². The van der Waals surface area contributed by atoms with E-state index in [1.807, 2.05) is 17.5 Å². The summed E-state index contributed by atoms with van der Waals surface area (Å²) in [6, 6.07) is 7.37. The van der Waals surface area contributed by atoms with Crippen LogP contribution in [0.4, 0.5) is 31.1 Å². The molecule has 2 aromatic rings. The number of amides is 2. The van der Waals surface area contributed by atoms with Crippen molar-refractivity contribution in [3.05, 3.63) is 36.4 Å². The fourth-order valence-corrected chi connectivity index (χ4v) is 6.36. The third-order valence-corrected chi connectivity index (χ3v) is 8.90. The topological polar surface area (TPSA) is 87.3 Å². The van der Waals surface area contributed by atoms with Crippen LogP contribution < -0.4 is 19.9 Å². The second-order valence-electron chi connectivity index (χ2n) is 6.96. The number of urea groups is 1. The number of hydrogen-bond acceptors (Lipinski definition) is 3. The van der Waals surface area contributed by atoms with Crippen molar-refractivity contribution in [3.63, 3.8) is 0 Å². The fourth-order valence-electron chi connectivity index (χ4n) is 3.07. The number of hydrazine groups is 1. The molecule has 0 heterocycles. The number of benzene rings is 2. The van der Waals surface area contributed by atoms with Crippen LogP contribution in [0.25, 0.3) is 10.8 Å². The molecule has 14 heteroatoms. The summed E-state index contributed by atoms with van der Waals surface area (Å²) < 4.78 is 105. The van der Waals surface area contributed by atoms with Crippen LogP contribution in [0.1, 0.15) is 13.3 Å². The van der Waals surface area contributed by atoms with Gasteiger partial charge in [-0.25, -0.2) is 0 Å². The Labute approximate surface area is 185 Å². The van der Waals surface area contributed by atoms with E-state index >= 15 is 0 Å². The van der Waals surface area contributed by atoms with E-state index in [0.717, 1.165) is 9.67 Å². The van der Waals surface area contributed by atoms with Crippen LogP contribution >= 0.6 is 0 Å². The predicted molar refractivity (Wildman–Crippen MR) is 108 cm³/mol. The molecule has 0 bridgehead atoms. The standard InChI is InChI=1S/C18H20AsF6N3O3S/c1-4-16(17(20,21)22,18(23,24)25)26-15(29)27-28-32(30,31)14-10-6-7-11-12(14)8-5-9-13(11)19(2)3/h5-10,28H,4H2,1-3H3,(H2,26,27,29). The van der Waals surface area contributed by atoms with Crippen molar-refractivity contribution in [2.75, 3.05) is 0 Å². The van der Waals surface area contributed by atoms with Gasteiger partial charge in [-0.1, -0.05) is 0 Å². The van der Waals surface area contributed by atoms with Crippen LogP contribution in [-0.4, -0.2) is 47.0 Å². The van der Waals surface area contributed by atoms with Crippen LogP contribution in [0.15, 0.2) is 41.3 Å². The van der Waals surface area contributed by atoms with Crippen LogP contribution in [0.3, 0.4) is 0 Å². The van der Waals surface area contributed by atoms with Crippen molar-refractivity contribution in [1.82, 2.24) is 15.6 Å². The van der Waals surface area contributed by atoms with Gasteiger partial charge in [-0.15, -0.1) is 0 Å². The SMILES string of the molecule is CCC(NC(=O)NNS(=O)(=O)c1cccc2c([As](C)C)cccc12)(C(F)(F)F)C(F)(F)F. The molecule has 0 aliphatic heterocycles. The minimum atomic E-state index is -5.87. The van der Waals surface area contributed by atoms with E-state index < -0.39 is 55.0 Å². The molecule has 0 fully saturated rings. The van der Waals surface area contributed by atoms with Gasteiger partial charge < -0.3 is 0 Å². The van der Waals surface area contributed by atoms with Crippen molar-refractivity contribution >= 4 is 45.8 Å². The number of carbonyl (C=O) groups is 1. The maximum absolute atomic E-state index is 13.2. The quantitative estimate of drug-likeness (QED) is 0.294. The van der Waals surface area contributed by atoms with Gasteiger partial charge in [-0.3, -0.25) is 0 Å². The van der Waals surface area contributed by atoms with Gasteiger partial charge in [0, 0.05) is 0 Å². The Morgan fingerprint density at radius 3 is 1.97 bits per heavy atom. The molecule has 6 nitrogen and oxygen atoms in total. The number of carbonyl (C=O) groups excluding carboxylic acids is 1. The summed E-state index contributed by atoms with van der Waals surface area (Å²) in [5.74, 6) is 0. The molecule has 0 atom stereocenters. The zero-order valence-corrected chi connectivity index (χ0v) is 19.7. The predicted octanol–water partition coefficient (Wildman–Crippen LogP) is 3.57. The minimum absolute atomic E-state index is 0.290. The first-order chi connectivity index (χ1) is 14.6. The number of fused-ring (bicyclic) bond motifs is 1. The molecular weight excluding hydrogens is 527 g/mol. The van der Waals surface area contributed by atoms with E-state index in [9.17, 15) is 39.6 Å². The van der Waals surface area contributed by atoms with E-state index in [1.54, 1.807) is 17.0 Å². The first-order valence-electron chi connectivity index (χ1n) is 9.00. The van der Waals surface area contributed by atoms with E-state index in [1.165, 1.54) is 23.6 Å². The van der Waals surface area contributed by atoms with Gasteiger partial charge in [0.1, 0.15) is 0 Å². The van der Waals surface area contributed by atoms with Crippen LogP contribution in [0.2, 0.25) is 11.4 Å². The number of rotatable bonds is 6. The van der Waals surface area contributed by atoms with Crippen LogP contribution in [-0.2, 0) is 10.0 Å². The summed E-state index contributed by atoms with van der Waals surface area (Å²) in [5, 5.41) is 1.78. The van der Waals surface area contributed by atoms with Crippen molar-refractivity contribution in [2.45, 2.75) is 47.6 Å². The Balaban J connectivity index is 2.33. The van der Waals surface area contributed by atoms with Crippen molar-refractivity contribution < 1.29 is 39.6 Å². The van der Waals surface area contributed by atoms with Gasteiger partial charge in [-0.2, -0.15) is 0 Å². The van der Waals surface area contributed by atoms with Gasteiger partial charge in [0.2, 0.25) is 0 Å². The molecule has 0 unspecified atom stereocenters. The summed E-state index contributed by atoms with van der Waals surface area (Å²) in [7, 11) is -4.53. The number of nitrogens with one attached hydrogen (secondary N) is 3. The molecule has 178 valence electrons. The monoisotopic (exact) mass is 547 g/mol. The molecular formula is C18H20AsF6N3O3S. The fraction of sp³-hybridized carbons (Fsp3) is 0.389. The van der Waals surface area contributed by atoms with Gasteiger partial charge >= 0.3 is 185 Å². The normalized spacial score (nSPS) is 13.4. The number of halogens is 6. The first kappa shape index (κ1) is 26.3. The van der Waals surface area contributed by atoms with Crippen LogP contribution in [0.5, 0.6) is 0 Å². The van der Waals surface area contributed by atoms with Crippen LogP contribution in [0, 0.1) is 0 Å². The molecule has 0 saturated heterocycles. The summed E-state index contributed by atoms with van der Waals surface area (Å²) in [5.41, 5.74) is 0.901. The van der Waals surface area contributed by atoms with Gasteiger partial charge in [-0.05, 0) is 0 Å². The summed E-state index contributed by atoms with van der Waals surface area (Å²) in [6.07, 6.45) is -13.3. The maximum atomic E-state index is 13.2. The molecule has 32 heavy (non-hydrogen) atoms. The van der Waals surface area contributed by atoms with Crippen molar-refractivity contribution in [1.29, 1.82) is 0 Å². The molecule has 0 aromatic heterocycles. The average Bonchev–Trinajstić information content (AvgIpc) is 2.67. The molecule has 0 saturated carbocycles. The molecule has 0 aliphatic carbocycles. The molecule has 2 rings (SSSR count). The average molecular weight is 547 g/mol. The molecule has 0 spiro atoms. The van der Waals surface area contributed by atoms with E-state index in [2.05, 4.69) is 0 Å². The third kappa shape index (κ3) is 4.99. The molecule has 2 aromatic carbocycles. The van der Waals surface area contributed by atoms with Gasteiger partial charge in [0.25, 0.3) is 0 Å². The number of hydrogen-bond donors (Lipinski definition) is 3. The van der Waals surface area contributed by atoms with E-state index in [4.69, 9.17) is 0 Å². The Kier molecular flexibility index (Phi) is 7.48. The number of sulfonamides is 1. The second-order valence-corrected chi connectivity index (χ2v) is 13.4. The molecule has 0 radical (unpaired) electrons. The Morgan fingerprint density at radius 1 is 0.938 bits per heavy atom. The summed E-state index contributed by atoms with van der Waals surface area (Å²) in [6.45, 7) is 0.595. The van der Waals surface area contributed by atoms with E-state index in [0.29, 0.717) is 17.7 Å².